The van der Waals surface area contributed by atoms with Crippen LogP contribution in [0.15, 0.2) is 18.5 Å². The van der Waals surface area contributed by atoms with E-state index in [9.17, 15) is 14.4 Å². The van der Waals surface area contributed by atoms with Gasteiger partial charge in [-0.2, -0.15) is 0 Å². The molecule has 1 aromatic rings. The van der Waals surface area contributed by atoms with Gasteiger partial charge in [-0.3, -0.25) is 0 Å². The summed E-state index contributed by atoms with van der Waals surface area (Å²) in [5.41, 5.74) is -1.82. The minimum Gasteiger partial charge on any atom is -0.457 e. The van der Waals surface area contributed by atoms with Gasteiger partial charge in [0, 0.05) is 24.0 Å². The molecule has 9 nitrogen and oxygen atoms in total. The van der Waals surface area contributed by atoms with E-state index in [4.69, 9.17) is 14.2 Å². The van der Waals surface area contributed by atoms with Crippen LogP contribution < -0.4 is 4.90 Å². The third-order valence-electron chi connectivity index (χ3n) is 2.83. The highest BCUT2D eigenvalue weighted by Gasteiger charge is 2.34. The Morgan fingerprint density at radius 3 is 1.53 bits per heavy atom. The van der Waals surface area contributed by atoms with Gasteiger partial charge < -0.3 is 14.2 Å². The Morgan fingerprint density at radius 1 is 0.767 bits per heavy atom. The number of carbonyl (C=O) groups is 3. The van der Waals surface area contributed by atoms with Crippen molar-refractivity contribution in [1.82, 2.24) is 9.97 Å². The average molecular weight is 421 g/mol. The molecule has 0 aliphatic heterocycles. The van der Waals surface area contributed by atoms with E-state index < -0.39 is 35.0 Å². The molecule has 166 valence electrons. The number of imide groups is 1. The number of hydrogen-bond donors (Lipinski definition) is 0. The quantitative estimate of drug-likeness (QED) is 0.398. The van der Waals surface area contributed by atoms with E-state index in [1.54, 1.807) is 62.3 Å². The molecule has 0 aliphatic rings. The SMILES string of the molecule is CC(C)(C)OC(=O)C=Cc1cnc(N(C(=O)OC(C)(C)C)C(=O)OC(C)(C)C)nc1. The molecule has 2 amide bonds. The molecule has 0 saturated carbocycles. The van der Waals surface area contributed by atoms with Gasteiger partial charge in [0.05, 0.1) is 0 Å². The van der Waals surface area contributed by atoms with Crippen molar-refractivity contribution in [2.45, 2.75) is 79.1 Å². The van der Waals surface area contributed by atoms with Crippen molar-refractivity contribution in [3.05, 3.63) is 24.0 Å². The van der Waals surface area contributed by atoms with Gasteiger partial charge in [0.15, 0.2) is 0 Å². The molecule has 0 unspecified atom stereocenters. The molecule has 0 aromatic carbocycles. The highest BCUT2D eigenvalue weighted by molar-refractivity contribution is 6.08. The zero-order valence-corrected chi connectivity index (χ0v) is 19.1. The summed E-state index contributed by atoms with van der Waals surface area (Å²) in [6.45, 7) is 15.3. The Hall–Kier alpha value is -2.97. The lowest BCUT2D eigenvalue weighted by atomic mass is 10.2. The second kappa shape index (κ2) is 9.23. The number of hydrogen-bond acceptors (Lipinski definition) is 8. The van der Waals surface area contributed by atoms with Crippen LogP contribution >= 0.6 is 0 Å². The molecule has 0 fully saturated rings. The van der Waals surface area contributed by atoms with Crippen LogP contribution in [0.1, 0.15) is 67.9 Å². The number of rotatable bonds is 3. The van der Waals surface area contributed by atoms with Crippen molar-refractivity contribution in [1.29, 1.82) is 0 Å². The lowest BCUT2D eigenvalue weighted by molar-refractivity contribution is -0.148. The Kier molecular flexibility index (Phi) is 7.71. The van der Waals surface area contributed by atoms with E-state index in [1.165, 1.54) is 24.5 Å². The molecule has 0 atom stereocenters. The Bertz CT molecular complexity index is 768. The Balaban J connectivity index is 3.09. The number of nitrogens with zero attached hydrogens (tertiary/aromatic N) is 3. The number of esters is 1. The third kappa shape index (κ3) is 9.49. The van der Waals surface area contributed by atoms with Crippen molar-refractivity contribution in [2.24, 2.45) is 0 Å². The number of aromatic nitrogens is 2. The van der Waals surface area contributed by atoms with Crippen LogP contribution in [0, 0.1) is 0 Å². The smallest absolute Gasteiger partial charge is 0.427 e. The molecule has 0 bridgehead atoms. The van der Waals surface area contributed by atoms with Crippen molar-refractivity contribution in [2.75, 3.05) is 4.90 Å². The summed E-state index contributed by atoms with van der Waals surface area (Å²) in [6.07, 6.45) is 3.48. The summed E-state index contributed by atoms with van der Waals surface area (Å²) >= 11 is 0. The second-order valence-corrected chi connectivity index (χ2v) is 9.48. The largest absolute Gasteiger partial charge is 0.457 e. The summed E-state index contributed by atoms with van der Waals surface area (Å²) in [7, 11) is 0. The molecule has 0 N–H and O–H groups in total. The Labute approximate surface area is 177 Å². The van der Waals surface area contributed by atoms with Gasteiger partial charge in [-0.1, -0.05) is 0 Å². The van der Waals surface area contributed by atoms with E-state index in [2.05, 4.69) is 9.97 Å². The number of ether oxygens (including phenoxy) is 3. The summed E-state index contributed by atoms with van der Waals surface area (Å²) in [5, 5.41) is 0. The van der Waals surface area contributed by atoms with E-state index >= 15 is 0 Å². The maximum Gasteiger partial charge on any atom is 0.427 e. The van der Waals surface area contributed by atoms with Gasteiger partial charge in [0.2, 0.25) is 5.95 Å². The predicted molar refractivity (Wildman–Crippen MR) is 112 cm³/mol. The van der Waals surface area contributed by atoms with Crippen molar-refractivity contribution < 1.29 is 28.6 Å². The first-order valence-corrected chi connectivity index (χ1v) is 9.46. The topological polar surface area (TPSA) is 108 Å². The number of amides is 2. The van der Waals surface area contributed by atoms with Crippen LogP contribution in [0.2, 0.25) is 0 Å². The van der Waals surface area contributed by atoms with E-state index in [0.717, 1.165) is 0 Å². The van der Waals surface area contributed by atoms with Gasteiger partial charge in [-0.25, -0.2) is 24.4 Å². The zero-order chi connectivity index (χ0) is 23.3. The van der Waals surface area contributed by atoms with E-state index in [1.807, 2.05) is 0 Å². The monoisotopic (exact) mass is 421 g/mol. The molecule has 1 heterocycles. The average Bonchev–Trinajstić information content (AvgIpc) is 2.49. The van der Waals surface area contributed by atoms with Crippen molar-refractivity contribution >= 4 is 30.2 Å². The first-order chi connectivity index (χ1) is 13.5. The molecule has 1 aromatic heterocycles. The third-order valence-corrected chi connectivity index (χ3v) is 2.83. The molecule has 1 rings (SSSR count). The minimum atomic E-state index is -0.964. The molecule has 30 heavy (non-hydrogen) atoms. The number of carbonyl (C=O) groups excluding carboxylic acids is 3. The van der Waals surface area contributed by atoms with Crippen LogP contribution in [-0.4, -0.2) is 44.9 Å². The first kappa shape index (κ1) is 25.1. The second-order valence-electron chi connectivity index (χ2n) is 9.48. The molecule has 0 spiro atoms. The zero-order valence-electron chi connectivity index (χ0n) is 19.1. The van der Waals surface area contributed by atoms with Gasteiger partial charge in [0.25, 0.3) is 0 Å². The maximum atomic E-state index is 12.6. The van der Waals surface area contributed by atoms with Crippen LogP contribution in [-0.2, 0) is 19.0 Å². The predicted octanol–water partition coefficient (Wildman–Crippen LogP) is 4.51. The van der Waals surface area contributed by atoms with Crippen LogP contribution in [0.25, 0.3) is 6.08 Å². The lowest BCUT2D eigenvalue weighted by Crippen LogP contribution is -2.44. The van der Waals surface area contributed by atoms with Crippen molar-refractivity contribution in [3.8, 4) is 0 Å². The fourth-order valence-electron chi connectivity index (χ4n) is 1.89. The van der Waals surface area contributed by atoms with E-state index in [0.29, 0.717) is 10.5 Å². The molecule has 9 heteroatoms. The van der Waals surface area contributed by atoms with Gasteiger partial charge in [0.1, 0.15) is 16.8 Å². The summed E-state index contributed by atoms with van der Waals surface area (Å²) < 4.78 is 15.7. The maximum absolute atomic E-state index is 12.6. The van der Waals surface area contributed by atoms with Crippen LogP contribution in [0.3, 0.4) is 0 Å². The van der Waals surface area contributed by atoms with Gasteiger partial charge >= 0.3 is 18.2 Å². The minimum absolute atomic E-state index is 0.215. The Morgan fingerprint density at radius 2 is 1.17 bits per heavy atom. The van der Waals surface area contributed by atoms with Crippen LogP contribution in [0.5, 0.6) is 0 Å². The van der Waals surface area contributed by atoms with Crippen molar-refractivity contribution in [3.63, 3.8) is 0 Å². The molecule has 0 saturated heterocycles. The van der Waals surface area contributed by atoms with Gasteiger partial charge in [-0.15, -0.1) is 4.90 Å². The summed E-state index contributed by atoms with van der Waals surface area (Å²) in [5.74, 6) is -0.733. The molecule has 0 radical (unpaired) electrons. The normalized spacial score (nSPS) is 12.4. The van der Waals surface area contributed by atoms with Gasteiger partial charge in [-0.05, 0) is 68.4 Å². The van der Waals surface area contributed by atoms with E-state index in [-0.39, 0.29) is 5.95 Å². The fraction of sp³-hybridized carbons (Fsp3) is 0.571. The highest BCUT2D eigenvalue weighted by atomic mass is 16.6. The first-order valence-electron chi connectivity index (χ1n) is 9.46. The number of anilines is 1. The highest BCUT2D eigenvalue weighted by Crippen LogP contribution is 2.19. The lowest BCUT2D eigenvalue weighted by Gasteiger charge is -2.27. The summed E-state index contributed by atoms with van der Waals surface area (Å²) in [4.78, 5) is 45.6. The standard InChI is InChI=1S/C21H31N3O6/c1-19(2,3)28-15(25)11-10-14-12-22-16(23-13-14)24(17(26)29-20(4,5)6)18(27)30-21(7,8)9/h10-13H,1-9H3. The fourth-order valence-corrected chi connectivity index (χ4v) is 1.89. The molecule has 0 aliphatic carbocycles. The molecular formula is C21H31N3O6. The van der Waals surface area contributed by atoms with Crippen LogP contribution in [0.4, 0.5) is 15.5 Å². The molecular weight excluding hydrogens is 390 g/mol. The summed E-state index contributed by atoms with van der Waals surface area (Å²) in [6, 6.07) is 0.